The molecule has 0 fully saturated rings. The van der Waals surface area contributed by atoms with Gasteiger partial charge in [-0.25, -0.2) is 4.39 Å². The average Bonchev–Trinajstić information content (AvgIpc) is 2.92. The first-order valence-electron chi connectivity index (χ1n) is 13.4. The van der Waals surface area contributed by atoms with Crippen LogP contribution in [-0.2, 0) is 12.0 Å². The summed E-state index contributed by atoms with van der Waals surface area (Å²) in [6.45, 7) is 6.38. The maximum absolute atomic E-state index is 13.8. The molecule has 3 aromatic rings. The molecular formula is C31H37FN4O2. The molecule has 1 aliphatic rings. The molecule has 200 valence electrons. The van der Waals surface area contributed by atoms with Crippen LogP contribution in [0.25, 0.3) is 0 Å². The number of pyridine rings is 1. The molecule has 0 spiro atoms. The summed E-state index contributed by atoms with van der Waals surface area (Å²) in [6, 6.07) is 15.5. The number of aromatic nitrogens is 1. The SMILES string of the molecule is CC(C)(CNC(=O)c1ccc2c(c1)CNCCCCCCCN2C(=O)c1ccncc1)c1cccc(F)c1. The third kappa shape index (κ3) is 7.04. The first kappa shape index (κ1) is 27.5. The van der Waals surface area contributed by atoms with E-state index >= 15 is 0 Å². The van der Waals surface area contributed by atoms with Crippen LogP contribution in [0.15, 0.2) is 67.0 Å². The van der Waals surface area contributed by atoms with E-state index < -0.39 is 5.41 Å². The van der Waals surface area contributed by atoms with Gasteiger partial charge in [-0.3, -0.25) is 14.6 Å². The van der Waals surface area contributed by atoms with Crippen LogP contribution in [-0.4, -0.2) is 36.4 Å². The standard InChI is InChI=1S/C31H37FN4O2/c1-31(2,26-9-8-10-27(32)20-26)22-35-29(37)24-11-12-28-25(19-24)21-34-15-6-4-3-5-7-18-36(28)30(38)23-13-16-33-17-14-23/h8-14,16-17,19-20,34H,3-7,15,18,21-22H2,1-2H3,(H,35,37). The van der Waals surface area contributed by atoms with Crippen molar-refractivity contribution in [2.45, 2.75) is 57.9 Å². The lowest BCUT2D eigenvalue weighted by molar-refractivity contribution is 0.0944. The van der Waals surface area contributed by atoms with E-state index in [-0.39, 0.29) is 17.6 Å². The van der Waals surface area contributed by atoms with E-state index in [9.17, 15) is 14.0 Å². The number of amides is 2. The number of carbonyl (C=O) groups is 2. The molecule has 1 aliphatic heterocycles. The first-order valence-corrected chi connectivity index (χ1v) is 13.4. The summed E-state index contributed by atoms with van der Waals surface area (Å²) in [5.74, 6) is -0.560. The smallest absolute Gasteiger partial charge is 0.258 e. The minimum absolute atomic E-state index is 0.0697. The maximum atomic E-state index is 13.8. The summed E-state index contributed by atoms with van der Waals surface area (Å²) < 4.78 is 13.8. The van der Waals surface area contributed by atoms with E-state index in [0.29, 0.717) is 30.8 Å². The number of rotatable bonds is 5. The summed E-state index contributed by atoms with van der Waals surface area (Å²) in [5, 5.41) is 6.52. The minimum Gasteiger partial charge on any atom is -0.351 e. The van der Waals surface area contributed by atoms with E-state index in [1.807, 2.05) is 36.9 Å². The number of halogens is 1. The number of nitrogens with zero attached hydrogens (tertiary/aromatic N) is 2. The molecule has 6 nitrogen and oxygen atoms in total. The van der Waals surface area contributed by atoms with Gasteiger partial charge in [-0.05, 0) is 73.0 Å². The average molecular weight is 517 g/mol. The summed E-state index contributed by atoms with van der Waals surface area (Å²) in [4.78, 5) is 32.6. The lowest BCUT2D eigenvalue weighted by Crippen LogP contribution is -2.37. The zero-order chi connectivity index (χ0) is 27.0. The Kier molecular flexibility index (Phi) is 9.24. The highest BCUT2D eigenvalue weighted by molar-refractivity contribution is 6.06. The van der Waals surface area contributed by atoms with Crippen LogP contribution in [0, 0.1) is 5.82 Å². The normalized spacial score (nSPS) is 15.1. The van der Waals surface area contributed by atoms with Gasteiger partial charge in [0.05, 0.1) is 0 Å². The highest BCUT2D eigenvalue weighted by atomic mass is 19.1. The zero-order valence-electron chi connectivity index (χ0n) is 22.3. The molecule has 0 unspecified atom stereocenters. The zero-order valence-corrected chi connectivity index (χ0v) is 22.3. The highest BCUT2D eigenvalue weighted by Crippen LogP contribution is 2.27. The molecule has 0 radical (unpaired) electrons. The molecular weight excluding hydrogens is 479 g/mol. The third-order valence-corrected chi connectivity index (χ3v) is 7.15. The van der Waals surface area contributed by atoms with Crippen LogP contribution < -0.4 is 15.5 Å². The van der Waals surface area contributed by atoms with Gasteiger partial charge in [0.15, 0.2) is 0 Å². The Morgan fingerprint density at radius 2 is 1.74 bits per heavy atom. The van der Waals surface area contributed by atoms with E-state index in [1.165, 1.54) is 12.1 Å². The predicted octanol–water partition coefficient (Wildman–Crippen LogP) is 5.63. The molecule has 0 atom stereocenters. The van der Waals surface area contributed by atoms with E-state index in [2.05, 4.69) is 15.6 Å². The second kappa shape index (κ2) is 12.8. The van der Waals surface area contributed by atoms with Gasteiger partial charge in [0, 0.05) is 54.3 Å². The Bertz CT molecular complexity index is 1250. The minimum atomic E-state index is -0.441. The Balaban J connectivity index is 1.58. The predicted molar refractivity (Wildman–Crippen MR) is 149 cm³/mol. The number of carbonyl (C=O) groups excluding carboxylic acids is 2. The second-order valence-electron chi connectivity index (χ2n) is 10.6. The number of benzene rings is 2. The van der Waals surface area contributed by atoms with Crippen LogP contribution in [0.1, 0.15) is 77.8 Å². The lowest BCUT2D eigenvalue weighted by Gasteiger charge is -2.27. The third-order valence-electron chi connectivity index (χ3n) is 7.15. The van der Waals surface area contributed by atoms with E-state index in [1.54, 1.807) is 36.7 Å². The van der Waals surface area contributed by atoms with Crippen LogP contribution >= 0.6 is 0 Å². The van der Waals surface area contributed by atoms with Crippen LogP contribution in [0.5, 0.6) is 0 Å². The van der Waals surface area contributed by atoms with Gasteiger partial charge in [0.2, 0.25) is 0 Å². The summed E-state index contributed by atoms with van der Waals surface area (Å²) in [6.07, 6.45) is 8.65. The van der Waals surface area contributed by atoms with Gasteiger partial charge >= 0.3 is 0 Å². The van der Waals surface area contributed by atoms with Gasteiger partial charge in [-0.15, -0.1) is 0 Å². The fraction of sp³-hybridized carbons (Fsp3) is 0.387. The van der Waals surface area contributed by atoms with Crippen molar-refractivity contribution >= 4 is 17.5 Å². The molecule has 7 heteroatoms. The summed E-state index contributed by atoms with van der Waals surface area (Å²) in [7, 11) is 0. The molecule has 2 N–H and O–H groups in total. The fourth-order valence-electron chi connectivity index (χ4n) is 4.80. The molecule has 0 aliphatic carbocycles. The fourth-order valence-corrected chi connectivity index (χ4v) is 4.80. The van der Waals surface area contributed by atoms with Gasteiger partial charge < -0.3 is 15.5 Å². The van der Waals surface area contributed by atoms with Crippen LogP contribution in [0.2, 0.25) is 0 Å². The van der Waals surface area contributed by atoms with E-state index in [4.69, 9.17) is 0 Å². The number of nitrogens with one attached hydrogen (secondary N) is 2. The first-order chi connectivity index (χ1) is 18.3. The quantitative estimate of drug-likeness (QED) is 0.461. The van der Waals surface area contributed by atoms with Crippen LogP contribution in [0.4, 0.5) is 10.1 Å². The molecule has 38 heavy (non-hydrogen) atoms. The van der Waals surface area contributed by atoms with Gasteiger partial charge in [0.1, 0.15) is 5.82 Å². The number of hydrogen-bond acceptors (Lipinski definition) is 4. The topological polar surface area (TPSA) is 74.3 Å². The molecule has 2 heterocycles. The molecule has 0 bridgehead atoms. The van der Waals surface area contributed by atoms with Gasteiger partial charge in [-0.2, -0.15) is 0 Å². The largest absolute Gasteiger partial charge is 0.351 e. The monoisotopic (exact) mass is 516 g/mol. The number of anilines is 1. The Morgan fingerprint density at radius 3 is 2.53 bits per heavy atom. The number of hydrogen-bond donors (Lipinski definition) is 2. The van der Waals surface area contributed by atoms with Crippen molar-refractivity contribution in [3.63, 3.8) is 0 Å². The molecule has 4 rings (SSSR count). The molecule has 0 saturated heterocycles. The van der Waals surface area contributed by atoms with Crippen molar-refractivity contribution < 1.29 is 14.0 Å². The van der Waals surface area contributed by atoms with Gasteiger partial charge in [0.25, 0.3) is 11.8 Å². The molecule has 2 aromatic carbocycles. The van der Waals surface area contributed by atoms with Crippen molar-refractivity contribution in [3.05, 3.63) is 95.1 Å². The number of fused-ring (bicyclic) bond motifs is 1. The van der Waals surface area contributed by atoms with Crippen molar-refractivity contribution in [3.8, 4) is 0 Å². The molecule has 2 amide bonds. The van der Waals surface area contributed by atoms with Crippen molar-refractivity contribution in [2.24, 2.45) is 0 Å². The molecule has 1 aromatic heterocycles. The van der Waals surface area contributed by atoms with Crippen molar-refractivity contribution in [1.82, 2.24) is 15.6 Å². The van der Waals surface area contributed by atoms with Crippen LogP contribution in [0.3, 0.4) is 0 Å². The van der Waals surface area contributed by atoms with Crippen molar-refractivity contribution in [2.75, 3.05) is 24.5 Å². The Labute approximate surface area is 224 Å². The van der Waals surface area contributed by atoms with Gasteiger partial charge in [-0.1, -0.05) is 45.2 Å². The summed E-state index contributed by atoms with van der Waals surface area (Å²) in [5.41, 5.74) is 3.23. The van der Waals surface area contributed by atoms with E-state index in [0.717, 1.165) is 55.5 Å². The Hall–Kier alpha value is -3.58. The molecule has 0 saturated carbocycles. The maximum Gasteiger partial charge on any atom is 0.258 e. The highest BCUT2D eigenvalue weighted by Gasteiger charge is 2.24. The Morgan fingerprint density at radius 1 is 0.974 bits per heavy atom. The second-order valence-corrected chi connectivity index (χ2v) is 10.6. The lowest BCUT2D eigenvalue weighted by atomic mass is 9.84. The van der Waals surface area contributed by atoms with Crippen molar-refractivity contribution in [1.29, 1.82) is 0 Å². The summed E-state index contributed by atoms with van der Waals surface area (Å²) >= 11 is 0.